The maximum Gasteiger partial charge on any atom is 0.292 e. The zero-order valence-electron chi connectivity index (χ0n) is 14.2. The van der Waals surface area contributed by atoms with Crippen LogP contribution in [0.2, 0.25) is 0 Å². The van der Waals surface area contributed by atoms with Gasteiger partial charge in [-0.3, -0.25) is 9.89 Å². The minimum absolute atomic E-state index is 0.251. The molecule has 2 aliphatic carbocycles. The van der Waals surface area contributed by atoms with E-state index in [1.54, 1.807) is 0 Å². The van der Waals surface area contributed by atoms with Gasteiger partial charge in [-0.25, -0.2) is 5.43 Å². The van der Waals surface area contributed by atoms with Crippen molar-refractivity contribution in [2.45, 2.75) is 25.7 Å². The monoisotopic (exact) mass is 342 g/mol. The number of benzene rings is 2. The fourth-order valence-corrected chi connectivity index (χ4v) is 3.94. The smallest absolute Gasteiger partial charge is 0.281 e. The number of nitrogens with zero attached hydrogens (tertiary/aromatic N) is 2. The first-order valence-electron chi connectivity index (χ1n) is 8.96. The van der Waals surface area contributed by atoms with Crippen molar-refractivity contribution in [2.24, 2.45) is 5.10 Å². The second-order valence-electron chi connectivity index (χ2n) is 6.73. The van der Waals surface area contributed by atoms with Gasteiger partial charge >= 0.3 is 0 Å². The van der Waals surface area contributed by atoms with E-state index in [1.165, 1.54) is 0 Å². The van der Waals surface area contributed by atoms with E-state index in [0.29, 0.717) is 5.69 Å². The third-order valence-corrected chi connectivity index (χ3v) is 5.20. The highest BCUT2D eigenvalue weighted by molar-refractivity contribution is 6.24. The molecule has 0 bridgehead atoms. The highest BCUT2D eigenvalue weighted by Gasteiger charge is 2.25. The number of hydrogen-bond donors (Lipinski definition) is 2. The van der Waals surface area contributed by atoms with Crippen LogP contribution in [0, 0.1) is 0 Å². The van der Waals surface area contributed by atoms with E-state index in [0.717, 1.165) is 64.9 Å². The Balaban J connectivity index is 1.50. The number of hydrogen-bond acceptors (Lipinski definition) is 3. The van der Waals surface area contributed by atoms with Gasteiger partial charge in [0.2, 0.25) is 0 Å². The summed E-state index contributed by atoms with van der Waals surface area (Å²) in [4.78, 5) is 12.7. The molecule has 1 aromatic heterocycles. The van der Waals surface area contributed by atoms with Crippen LogP contribution >= 0.6 is 0 Å². The number of amides is 1. The lowest BCUT2D eigenvalue weighted by molar-refractivity contribution is 0.0949. The standard InChI is InChI=1S/C21H18N4O/c26-21(20-17-11-5-6-12-18(17)22-24-20)25-23-19-15-9-3-1-7-13(15)14-8-2-4-10-16(14)19/h1-4,7-10H,5-6,11-12H2,(H,22,24)(H,25,26). The Kier molecular flexibility index (Phi) is 3.45. The minimum Gasteiger partial charge on any atom is -0.281 e. The Hall–Kier alpha value is -3.21. The van der Waals surface area contributed by atoms with Gasteiger partial charge < -0.3 is 0 Å². The van der Waals surface area contributed by atoms with Crippen molar-refractivity contribution in [2.75, 3.05) is 0 Å². The fraction of sp³-hybridized carbons (Fsp3) is 0.190. The van der Waals surface area contributed by atoms with Crippen molar-refractivity contribution >= 4 is 11.6 Å². The van der Waals surface area contributed by atoms with Crippen LogP contribution in [0.3, 0.4) is 0 Å². The van der Waals surface area contributed by atoms with Crippen LogP contribution in [0.4, 0.5) is 0 Å². The summed E-state index contributed by atoms with van der Waals surface area (Å²) in [5, 5.41) is 11.7. The SMILES string of the molecule is O=C(NN=C1c2ccccc2-c2ccccc21)c1n[nH]c2c1CCCC2. The average Bonchev–Trinajstić information content (AvgIpc) is 3.26. The molecule has 1 heterocycles. The number of carbonyl (C=O) groups excluding carboxylic acids is 1. The van der Waals surface area contributed by atoms with Crippen molar-refractivity contribution in [1.82, 2.24) is 15.6 Å². The molecule has 26 heavy (non-hydrogen) atoms. The number of aromatic amines is 1. The van der Waals surface area contributed by atoms with Gasteiger partial charge in [-0.15, -0.1) is 0 Å². The molecule has 0 saturated carbocycles. The molecule has 2 N–H and O–H groups in total. The van der Waals surface area contributed by atoms with Gasteiger partial charge in [-0.05, 0) is 36.8 Å². The lowest BCUT2D eigenvalue weighted by atomic mass is 9.96. The van der Waals surface area contributed by atoms with Gasteiger partial charge in [0.05, 0.1) is 5.71 Å². The minimum atomic E-state index is -0.251. The second kappa shape index (κ2) is 5.95. The van der Waals surface area contributed by atoms with Gasteiger partial charge in [-0.1, -0.05) is 48.5 Å². The molecule has 1 amide bonds. The zero-order chi connectivity index (χ0) is 17.5. The number of nitrogens with one attached hydrogen (secondary N) is 2. The Morgan fingerprint density at radius 1 is 0.923 bits per heavy atom. The average molecular weight is 342 g/mol. The van der Waals surface area contributed by atoms with Crippen LogP contribution in [0.25, 0.3) is 11.1 Å². The van der Waals surface area contributed by atoms with E-state index < -0.39 is 0 Å². The molecular weight excluding hydrogens is 324 g/mol. The number of carbonyl (C=O) groups is 1. The number of rotatable bonds is 2. The predicted octanol–water partition coefficient (Wildman–Crippen LogP) is 3.45. The topological polar surface area (TPSA) is 70.1 Å². The first kappa shape index (κ1) is 15.1. The van der Waals surface area contributed by atoms with E-state index in [-0.39, 0.29) is 5.91 Å². The van der Waals surface area contributed by atoms with Crippen LogP contribution in [0.1, 0.15) is 45.7 Å². The summed E-state index contributed by atoms with van der Waals surface area (Å²) in [6.45, 7) is 0. The molecule has 3 aromatic rings. The summed E-state index contributed by atoms with van der Waals surface area (Å²) >= 11 is 0. The predicted molar refractivity (Wildman–Crippen MR) is 100 cm³/mol. The van der Waals surface area contributed by atoms with Gasteiger partial charge in [0.15, 0.2) is 5.69 Å². The Labute approximate surface area is 151 Å². The molecule has 0 aliphatic heterocycles. The van der Waals surface area contributed by atoms with Crippen molar-refractivity contribution in [3.05, 3.63) is 76.6 Å². The maximum atomic E-state index is 12.7. The van der Waals surface area contributed by atoms with Gasteiger partial charge in [0, 0.05) is 22.4 Å². The third kappa shape index (κ3) is 2.28. The lowest BCUT2D eigenvalue weighted by Gasteiger charge is -2.10. The van der Waals surface area contributed by atoms with Crippen molar-refractivity contribution in [1.29, 1.82) is 0 Å². The number of fused-ring (bicyclic) bond motifs is 4. The Bertz CT molecular complexity index is 1000. The highest BCUT2D eigenvalue weighted by atomic mass is 16.2. The number of H-pyrrole nitrogens is 1. The molecule has 5 nitrogen and oxygen atoms in total. The number of aromatic nitrogens is 2. The van der Waals surface area contributed by atoms with E-state index in [4.69, 9.17) is 0 Å². The number of aryl methyl sites for hydroxylation is 1. The zero-order valence-corrected chi connectivity index (χ0v) is 14.2. The van der Waals surface area contributed by atoms with Crippen LogP contribution in [-0.4, -0.2) is 21.8 Å². The summed E-state index contributed by atoms with van der Waals surface area (Å²) in [6, 6.07) is 16.3. The molecule has 0 unspecified atom stereocenters. The quantitative estimate of drug-likeness (QED) is 0.548. The molecule has 2 aromatic carbocycles. The summed E-state index contributed by atoms with van der Waals surface area (Å²) in [5.41, 5.74) is 10.5. The van der Waals surface area contributed by atoms with Gasteiger partial charge in [-0.2, -0.15) is 10.2 Å². The van der Waals surface area contributed by atoms with E-state index >= 15 is 0 Å². The van der Waals surface area contributed by atoms with Crippen LogP contribution in [-0.2, 0) is 12.8 Å². The van der Waals surface area contributed by atoms with E-state index in [2.05, 4.69) is 32.9 Å². The summed E-state index contributed by atoms with van der Waals surface area (Å²) in [5.74, 6) is -0.251. The lowest BCUT2D eigenvalue weighted by Crippen LogP contribution is -2.22. The summed E-state index contributed by atoms with van der Waals surface area (Å²) < 4.78 is 0. The maximum absolute atomic E-state index is 12.7. The number of hydrazone groups is 1. The molecule has 0 fully saturated rings. The fourth-order valence-electron chi connectivity index (χ4n) is 3.94. The van der Waals surface area contributed by atoms with E-state index in [9.17, 15) is 4.79 Å². The first-order valence-corrected chi connectivity index (χ1v) is 8.96. The summed E-state index contributed by atoms with van der Waals surface area (Å²) in [6.07, 6.45) is 4.11. The summed E-state index contributed by atoms with van der Waals surface area (Å²) in [7, 11) is 0. The molecule has 5 heteroatoms. The largest absolute Gasteiger partial charge is 0.292 e. The normalized spacial score (nSPS) is 14.4. The van der Waals surface area contributed by atoms with Crippen LogP contribution in [0.5, 0.6) is 0 Å². The molecule has 0 saturated heterocycles. The first-order chi connectivity index (χ1) is 12.8. The van der Waals surface area contributed by atoms with Crippen LogP contribution < -0.4 is 5.43 Å². The van der Waals surface area contributed by atoms with Crippen molar-refractivity contribution in [3.8, 4) is 11.1 Å². The van der Waals surface area contributed by atoms with Gasteiger partial charge in [0.25, 0.3) is 5.91 Å². The van der Waals surface area contributed by atoms with Gasteiger partial charge in [0.1, 0.15) is 0 Å². The molecule has 0 radical (unpaired) electrons. The Morgan fingerprint density at radius 2 is 1.54 bits per heavy atom. The van der Waals surface area contributed by atoms with E-state index in [1.807, 2.05) is 36.4 Å². The molecule has 0 spiro atoms. The van der Waals surface area contributed by atoms with Crippen molar-refractivity contribution < 1.29 is 4.79 Å². The molecule has 5 rings (SSSR count). The van der Waals surface area contributed by atoms with Crippen LogP contribution in [0.15, 0.2) is 53.6 Å². The molecular formula is C21H18N4O. The molecule has 2 aliphatic rings. The third-order valence-electron chi connectivity index (χ3n) is 5.20. The molecule has 128 valence electrons. The highest BCUT2D eigenvalue weighted by Crippen LogP contribution is 2.36. The van der Waals surface area contributed by atoms with Crippen molar-refractivity contribution in [3.63, 3.8) is 0 Å². The Morgan fingerprint density at radius 3 is 2.23 bits per heavy atom. The molecule has 0 atom stereocenters. The second-order valence-corrected chi connectivity index (χ2v) is 6.73.